The van der Waals surface area contributed by atoms with Crippen molar-refractivity contribution in [3.8, 4) is 17.2 Å². The zero-order valence-corrected chi connectivity index (χ0v) is 14.3. The average Bonchev–Trinajstić information content (AvgIpc) is 2.61. The quantitative estimate of drug-likeness (QED) is 0.842. The van der Waals surface area contributed by atoms with Crippen LogP contribution in [0, 0.1) is 0 Å². The second-order valence-electron chi connectivity index (χ2n) is 5.04. The number of urea groups is 1. The molecular formula is C18H22N2O4. The van der Waals surface area contributed by atoms with E-state index in [9.17, 15) is 4.79 Å². The third kappa shape index (κ3) is 4.10. The number of anilines is 2. The number of ether oxygens (including phenoxy) is 3. The molecule has 2 aromatic rings. The van der Waals surface area contributed by atoms with Crippen LogP contribution in [0.15, 0.2) is 36.4 Å². The summed E-state index contributed by atoms with van der Waals surface area (Å²) in [5.41, 5.74) is 2.47. The molecule has 2 rings (SSSR count). The minimum absolute atomic E-state index is 0.353. The molecule has 0 heterocycles. The van der Waals surface area contributed by atoms with Crippen molar-refractivity contribution in [1.82, 2.24) is 0 Å². The van der Waals surface area contributed by atoms with Crippen LogP contribution in [0.2, 0.25) is 0 Å². The van der Waals surface area contributed by atoms with Crippen molar-refractivity contribution in [2.45, 2.75) is 13.3 Å². The van der Waals surface area contributed by atoms with E-state index >= 15 is 0 Å². The second-order valence-corrected chi connectivity index (χ2v) is 5.04. The van der Waals surface area contributed by atoms with Crippen molar-refractivity contribution in [2.75, 3.05) is 32.0 Å². The van der Waals surface area contributed by atoms with Crippen LogP contribution < -0.4 is 24.8 Å². The van der Waals surface area contributed by atoms with E-state index in [1.807, 2.05) is 24.3 Å². The Morgan fingerprint density at radius 2 is 1.42 bits per heavy atom. The molecule has 2 amide bonds. The Morgan fingerprint density at radius 1 is 0.875 bits per heavy atom. The Bertz CT molecular complexity index is 674. The smallest absolute Gasteiger partial charge is 0.323 e. The first kappa shape index (κ1) is 17.5. The maximum atomic E-state index is 12.2. The summed E-state index contributed by atoms with van der Waals surface area (Å²) in [6.07, 6.45) is 0.956. The minimum Gasteiger partial charge on any atom is -0.493 e. The fourth-order valence-electron chi connectivity index (χ4n) is 2.27. The maximum absolute atomic E-state index is 12.2. The molecule has 0 spiro atoms. The van der Waals surface area contributed by atoms with Crippen LogP contribution in [0.1, 0.15) is 12.5 Å². The highest BCUT2D eigenvalue weighted by Gasteiger charge is 2.14. The topological polar surface area (TPSA) is 68.8 Å². The first-order valence-electron chi connectivity index (χ1n) is 7.58. The van der Waals surface area contributed by atoms with Gasteiger partial charge in [0.2, 0.25) is 5.75 Å². The molecule has 0 saturated carbocycles. The highest BCUT2D eigenvalue weighted by Crippen LogP contribution is 2.39. The van der Waals surface area contributed by atoms with Crippen molar-refractivity contribution in [3.05, 3.63) is 42.0 Å². The van der Waals surface area contributed by atoms with Crippen LogP contribution in [0.25, 0.3) is 0 Å². The van der Waals surface area contributed by atoms with Crippen molar-refractivity contribution in [1.29, 1.82) is 0 Å². The number of carbonyl (C=O) groups excluding carboxylic acids is 1. The highest BCUT2D eigenvalue weighted by atomic mass is 16.5. The van der Waals surface area contributed by atoms with Crippen molar-refractivity contribution < 1.29 is 19.0 Å². The number of benzene rings is 2. The molecule has 0 aromatic heterocycles. The molecule has 0 unspecified atom stereocenters. The summed E-state index contributed by atoms with van der Waals surface area (Å²) in [6, 6.07) is 10.7. The number of carbonyl (C=O) groups is 1. The van der Waals surface area contributed by atoms with Crippen LogP contribution in [0.4, 0.5) is 16.2 Å². The van der Waals surface area contributed by atoms with Crippen molar-refractivity contribution in [3.63, 3.8) is 0 Å². The Morgan fingerprint density at radius 3 is 1.88 bits per heavy atom. The van der Waals surface area contributed by atoms with E-state index in [2.05, 4.69) is 17.6 Å². The Balaban J connectivity index is 2.12. The van der Waals surface area contributed by atoms with E-state index < -0.39 is 0 Å². The Kier molecular flexibility index (Phi) is 5.89. The van der Waals surface area contributed by atoms with Crippen LogP contribution >= 0.6 is 0 Å². The highest BCUT2D eigenvalue weighted by molar-refractivity contribution is 6.00. The largest absolute Gasteiger partial charge is 0.493 e. The molecule has 128 valence electrons. The van der Waals surface area contributed by atoms with Crippen LogP contribution in [0.3, 0.4) is 0 Å². The van der Waals surface area contributed by atoms with E-state index in [0.29, 0.717) is 22.9 Å². The molecule has 0 aliphatic rings. The molecule has 0 radical (unpaired) electrons. The van der Waals surface area contributed by atoms with Gasteiger partial charge >= 0.3 is 6.03 Å². The van der Waals surface area contributed by atoms with Gasteiger partial charge in [-0.2, -0.15) is 0 Å². The van der Waals surface area contributed by atoms with Gasteiger partial charge in [0.25, 0.3) is 0 Å². The molecule has 0 fully saturated rings. The number of hydrogen-bond acceptors (Lipinski definition) is 4. The maximum Gasteiger partial charge on any atom is 0.323 e. The van der Waals surface area contributed by atoms with Gasteiger partial charge in [-0.1, -0.05) is 19.1 Å². The van der Waals surface area contributed by atoms with Gasteiger partial charge in [-0.15, -0.1) is 0 Å². The number of rotatable bonds is 6. The first-order chi connectivity index (χ1) is 11.6. The van der Waals surface area contributed by atoms with Gasteiger partial charge in [0.05, 0.1) is 27.0 Å². The zero-order valence-electron chi connectivity index (χ0n) is 14.3. The lowest BCUT2D eigenvalue weighted by Crippen LogP contribution is -2.19. The summed E-state index contributed by atoms with van der Waals surface area (Å²) in [6.45, 7) is 2.08. The molecule has 6 heteroatoms. The molecule has 2 aromatic carbocycles. The number of amides is 2. The van der Waals surface area contributed by atoms with Crippen LogP contribution in [-0.4, -0.2) is 27.4 Å². The first-order valence-corrected chi connectivity index (χ1v) is 7.58. The predicted octanol–water partition coefficient (Wildman–Crippen LogP) is 3.92. The van der Waals surface area contributed by atoms with Crippen LogP contribution in [0.5, 0.6) is 17.2 Å². The summed E-state index contributed by atoms with van der Waals surface area (Å²) in [5.74, 6) is 1.42. The molecule has 0 atom stereocenters. The van der Waals surface area contributed by atoms with Gasteiger partial charge in [0.1, 0.15) is 0 Å². The summed E-state index contributed by atoms with van der Waals surface area (Å²) < 4.78 is 15.8. The van der Waals surface area contributed by atoms with Gasteiger partial charge in [0.15, 0.2) is 11.5 Å². The third-order valence-electron chi connectivity index (χ3n) is 3.54. The molecule has 24 heavy (non-hydrogen) atoms. The SMILES string of the molecule is CCc1ccc(NC(=O)Nc2cc(OC)c(OC)c(OC)c2)cc1. The number of methoxy groups -OCH3 is 3. The van der Waals surface area contributed by atoms with E-state index in [0.717, 1.165) is 12.1 Å². The fourth-order valence-corrected chi connectivity index (χ4v) is 2.27. The Hall–Kier alpha value is -2.89. The van der Waals surface area contributed by atoms with E-state index in [-0.39, 0.29) is 6.03 Å². The fraction of sp³-hybridized carbons (Fsp3) is 0.278. The Labute approximate surface area is 141 Å². The average molecular weight is 330 g/mol. The molecule has 0 aliphatic heterocycles. The van der Waals surface area contributed by atoms with Gasteiger partial charge in [-0.25, -0.2) is 4.79 Å². The number of nitrogens with one attached hydrogen (secondary N) is 2. The monoisotopic (exact) mass is 330 g/mol. The summed E-state index contributed by atoms with van der Waals surface area (Å²) in [7, 11) is 4.58. The van der Waals surface area contributed by atoms with Crippen molar-refractivity contribution >= 4 is 17.4 Å². The van der Waals surface area contributed by atoms with Gasteiger partial charge < -0.3 is 24.8 Å². The predicted molar refractivity (Wildman–Crippen MR) is 94.6 cm³/mol. The standard InChI is InChI=1S/C18H22N2O4/c1-5-12-6-8-13(9-7-12)19-18(21)20-14-10-15(22-2)17(24-4)16(11-14)23-3/h6-11H,5H2,1-4H3,(H2,19,20,21). The molecule has 0 bridgehead atoms. The molecule has 6 nitrogen and oxygen atoms in total. The summed E-state index contributed by atoms with van der Waals surface area (Å²) >= 11 is 0. The summed E-state index contributed by atoms with van der Waals surface area (Å²) in [4.78, 5) is 12.2. The molecule has 2 N–H and O–H groups in total. The third-order valence-corrected chi connectivity index (χ3v) is 3.54. The lowest BCUT2D eigenvalue weighted by Gasteiger charge is -2.15. The minimum atomic E-state index is -0.353. The molecular weight excluding hydrogens is 308 g/mol. The molecule has 0 aliphatic carbocycles. The van der Waals surface area contributed by atoms with E-state index in [1.54, 1.807) is 12.1 Å². The number of hydrogen-bond donors (Lipinski definition) is 2. The zero-order chi connectivity index (χ0) is 17.5. The van der Waals surface area contributed by atoms with Crippen LogP contribution in [-0.2, 0) is 6.42 Å². The van der Waals surface area contributed by atoms with Gasteiger partial charge in [-0.05, 0) is 24.1 Å². The second kappa shape index (κ2) is 8.10. The molecule has 0 saturated heterocycles. The van der Waals surface area contributed by atoms with Crippen molar-refractivity contribution in [2.24, 2.45) is 0 Å². The lowest BCUT2D eigenvalue weighted by atomic mass is 10.1. The van der Waals surface area contributed by atoms with Gasteiger partial charge in [-0.3, -0.25) is 0 Å². The van der Waals surface area contributed by atoms with Gasteiger partial charge in [0, 0.05) is 17.8 Å². The van der Waals surface area contributed by atoms with E-state index in [4.69, 9.17) is 14.2 Å². The normalized spacial score (nSPS) is 10.0. The lowest BCUT2D eigenvalue weighted by molar-refractivity contribution is 0.262. The van der Waals surface area contributed by atoms with E-state index in [1.165, 1.54) is 26.9 Å². The number of aryl methyl sites for hydroxylation is 1. The summed E-state index contributed by atoms with van der Waals surface area (Å²) in [5, 5.41) is 5.54.